The topological polar surface area (TPSA) is 55.1 Å². The number of rotatable bonds is 4. The molecule has 0 saturated heterocycles. The summed E-state index contributed by atoms with van der Waals surface area (Å²) in [5, 5.41) is 1.08. The molecule has 0 heterocycles. The highest BCUT2D eigenvalue weighted by Crippen LogP contribution is 2.23. The van der Waals surface area contributed by atoms with Crippen LogP contribution in [0.15, 0.2) is 18.2 Å². The van der Waals surface area contributed by atoms with E-state index in [4.69, 9.17) is 29.0 Å². The number of hydrazine groups is 1. The van der Waals surface area contributed by atoms with Crippen LogP contribution in [0.25, 0.3) is 0 Å². The van der Waals surface area contributed by atoms with E-state index < -0.39 is 0 Å². The van der Waals surface area contributed by atoms with Gasteiger partial charge in [-0.1, -0.05) is 29.3 Å². The summed E-state index contributed by atoms with van der Waals surface area (Å²) in [5.74, 6) is 4.80. The van der Waals surface area contributed by atoms with E-state index >= 15 is 0 Å². The zero-order valence-corrected chi connectivity index (χ0v) is 9.61. The Morgan fingerprint density at radius 2 is 2.07 bits per heavy atom. The van der Waals surface area contributed by atoms with Gasteiger partial charge in [-0.25, -0.2) is 5.84 Å². The zero-order valence-electron chi connectivity index (χ0n) is 8.09. The molecule has 0 spiro atoms. The van der Waals surface area contributed by atoms with E-state index in [0.717, 1.165) is 18.4 Å². The van der Waals surface area contributed by atoms with Crippen molar-refractivity contribution in [1.82, 2.24) is 5.43 Å². The van der Waals surface area contributed by atoms with E-state index in [1.807, 2.05) is 12.1 Å². The third kappa shape index (κ3) is 4.08. The largest absolute Gasteiger partial charge is 0.294 e. The SMILES string of the molecule is NNC(=O)CCCc1ccc(Cl)c(Cl)c1. The molecule has 15 heavy (non-hydrogen) atoms. The van der Waals surface area contributed by atoms with Crippen LogP contribution in [0, 0.1) is 0 Å². The molecule has 5 heteroatoms. The Bertz CT molecular complexity index is 355. The maximum absolute atomic E-state index is 10.8. The first-order valence-electron chi connectivity index (χ1n) is 4.57. The summed E-state index contributed by atoms with van der Waals surface area (Å²) < 4.78 is 0. The second-order valence-corrected chi connectivity index (χ2v) is 3.98. The van der Waals surface area contributed by atoms with Gasteiger partial charge in [0.15, 0.2) is 0 Å². The standard InChI is InChI=1S/C10H12Cl2N2O/c11-8-5-4-7(6-9(8)12)2-1-3-10(15)14-13/h4-6H,1-3,13H2,(H,14,15). The molecule has 1 rings (SSSR count). The minimum absolute atomic E-state index is 0.157. The number of benzene rings is 1. The van der Waals surface area contributed by atoms with E-state index in [1.54, 1.807) is 6.07 Å². The number of aryl methyl sites for hydroxylation is 1. The van der Waals surface area contributed by atoms with Crippen molar-refractivity contribution in [2.45, 2.75) is 19.3 Å². The first-order valence-corrected chi connectivity index (χ1v) is 5.32. The van der Waals surface area contributed by atoms with Gasteiger partial charge < -0.3 is 0 Å². The summed E-state index contributed by atoms with van der Waals surface area (Å²) in [6.07, 6.45) is 1.93. The third-order valence-electron chi connectivity index (χ3n) is 2.01. The monoisotopic (exact) mass is 246 g/mol. The molecule has 1 aromatic rings. The van der Waals surface area contributed by atoms with Crippen molar-refractivity contribution < 1.29 is 4.79 Å². The van der Waals surface area contributed by atoms with Crippen LogP contribution in [0.5, 0.6) is 0 Å². The van der Waals surface area contributed by atoms with Crippen LogP contribution >= 0.6 is 23.2 Å². The summed E-state index contributed by atoms with van der Waals surface area (Å²) in [6, 6.07) is 5.46. The van der Waals surface area contributed by atoms with Gasteiger partial charge in [-0.2, -0.15) is 0 Å². The Morgan fingerprint density at radius 3 is 2.67 bits per heavy atom. The molecule has 0 bridgehead atoms. The molecule has 3 N–H and O–H groups in total. The highest BCUT2D eigenvalue weighted by Gasteiger charge is 2.01. The predicted molar refractivity (Wildman–Crippen MR) is 61.7 cm³/mol. The van der Waals surface area contributed by atoms with Gasteiger partial charge in [-0.3, -0.25) is 10.2 Å². The average molecular weight is 247 g/mol. The van der Waals surface area contributed by atoms with Gasteiger partial charge in [0.25, 0.3) is 0 Å². The lowest BCUT2D eigenvalue weighted by molar-refractivity contribution is -0.121. The molecule has 82 valence electrons. The normalized spacial score (nSPS) is 10.1. The van der Waals surface area contributed by atoms with Crippen LogP contribution in [-0.2, 0) is 11.2 Å². The number of carbonyl (C=O) groups excluding carboxylic acids is 1. The number of hydrogen-bond acceptors (Lipinski definition) is 2. The molecule has 0 aliphatic heterocycles. The smallest absolute Gasteiger partial charge is 0.233 e. The Hall–Kier alpha value is -0.770. The number of hydrogen-bond donors (Lipinski definition) is 2. The molecule has 0 aromatic heterocycles. The van der Waals surface area contributed by atoms with Gasteiger partial charge in [0.1, 0.15) is 0 Å². The molecule has 0 saturated carbocycles. The van der Waals surface area contributed by atoms with Crippen molar-refractivity contribution >= 4 is 29.1 Å². The zero-order chi connectivity index (χ0) is 11.3. The fourth-order valence-electron chi connectivity index (χ4n) is 1.22. The van der Waals surface area contributed by atoms with Crippen LogP contribution in [-0.4, -0.2) is 5.91 Å². The van der Waals surface area contributed by atoms with Gasteiger partial charge in [-0.15, -0.1) is 0 Å². The number of halogens is 2. The van der Waals surface area contributed by atoms with Gasteiger partial charge in [-0.05, 0) is 30.5 Å². The van der Waals surface area contributed by atoms with Gasteiger partial charge in [0.2, 0.25) is 5.91 Å². The number of nitrogens with two attached hydrogens (primary N) is 1. The lowest BCUT2D eigenvalue weighted by Crippen LogP contribution is -2.29. The van der Waals surface area contributed by atoms with Gasteiger partial charge >= 0.3 is 0 Å². The third-order valence-corrected chi connectivity index (χ3v) is 2.75. The van der Waals surface area contributed by atoms with Crippen LogP contribution < -0.4 is 11.3 Å². The van der Waals surface area contributed by atoms with Crippen LogP contribution in [0.3, 0.4) is 0 Å². The summed E-state index contributed by atoms with van der Waals surface area (Å²) in [4.78, 5) is 10.8. The van der Waals surface area contributed by atoms with E-state index in [1.165, 1.54) is 0 Å². The Balaban J connectivity index is 2.44. The first kappa shape index (κ1) is 12.3. The average Bonchev–Trinajstić information content (AvgIpc) is 2.23. The van der Waals surface area contributed by atoms with Crippen molar-refractivity contribution in [3.63, 3.8) is 0 Å². The molecule has 0 aliphatic carbocycles. The summed E-state index contributed by atoms with van der Waals surface area (Å²) in [6.45, 7) is 0. The number of nitrogens with one attached hydrogen (secondary N) is 1. The van der Waals surface area contributed by atoms with Crippen molar-refractivity contribution in [3.8, 4) is 0 Å². The fraction of sp³-hybridized carbons (Fsp3) is 0.300. The van der Waals surface area contributed by atoms with Crippen LogP contribution in [0.2, 0.25) is 10.0 Å². The second-order valence-electron chi connectivity index (χ2n) is 3.17. The first-order chi connectivity index (χ1) is 7.13. The van der Waals surface area contributed by atoms with Crippen molar-refractivity contribution in [1.29, 1.82) is 0 Å². The van der Waals surface area contributed by atoms with E-state index in [9.17, 15) is 4.79 Å². The molecule has 1 aromatic carbocycles. The Labute approximate surface area is 98.5 Å². The minimum atomic E-state index is -0.157. The molecule has 0 atom stereocenters. The minimum Gasteiger partial charge on any atom is -0.294 e. The molecule has 1 amide bonds. The maximum Gasteiger partial charge on any atom is 0.233 e. The second kappa shape index (κ2) is 5.95. The summed E-state index contributed by atoms with van der Waals surface area (Å²) in [5.41, 5.74) is 3.15. The highest BCUT2D eigenvalue weighted by molar-refractivity contribution is 6.42. The molecule has 0 unspecified atom stereocenters. The van der Waals surface area contributed by atoms with E-state index in [0.29, 0.717) is 16.5 Å². The highest BCUT2D eigenvalue weighted by atomic mass is 35.5. The van der Waals surface area contributed by atoms with Crippen molar-refractivity contribution in [2.75, 3.05) is 0 Å². The lowest BCUT2D eigenvalue weighted by Gasteiger charge is -2.02. The molecule has 0 aliphatic rings. The molecule has 3 nitrogen and oxygen atoms in total. The summed E-state index contributed by atoms with van der Waals surface area (Å²) >= 11 is 11.6. The van der Waals surface area contributed by atoms with Crippen molar-refractivity contribution in [3.05, 3.63) is 33.8 Å². The van der Waals surface area contributed by atoms with Crippen LogP contribution in [0.1, 0.15) is 18.4 Å². The maximum atomic E-state index is 10.8. The predicted octanol–water partition coefficient (Wildman–Crippen LogP) is 2.31. The molecule has 0 fully saturated rings. The lowest BCUT2D eigenvalue weighted by atomic mass is 10.1. The molecular formula is C10H12Cl2N2O. The van der Waals surface area contributed by atoms with E-state index in [2.05, 4.69) is 5.43 Å². The summed E-state index contributed by atoms with van der Waals surface area (Å²) in [7, 11) is 0. The van der Waals surface area contributed by atoms with E-state index in [-0.39, 0.29) is 5.91 Å². The number of carbonyl (C=O) groups is 1. The Morgan fingerprint density at radius 1 is 1.33 bits per heavy atom. The van der Waals surface area contributed by atoms with Gasteiger partial charge in [0.05, 0.1) is 10.0 Å². The Kier molecular flexibility index (Phi) is 4.88. The molecule has 0 radical (unpaired) electrons. The van der Waals surface area contributed by atoms with Crippen molar-refractivity contribution in [2.24, 2.45) is 5.84 Å². The quantitative estimate of drug-likeness (QED) is 0.487. The number of amides is 1. The molecular weight excluding hydrogens is 235 g/mol. The van der Waals surface area contributed by atoms with Crippen LogP contribution in [0.4, 0.5) is 0 Å². The fourth-order valence-corrected chi connectivity index (χ4v) is 1.54. The van der Waals surface area contributed by atoms with Gasteiger partial charge in [0, 0.05) is 6.42 Å².